The van der Waals surface area contributed by atoms with E-state index in [0.717, 1.165) is 5.56 Å². The zero-order chi connectivity index (χ0) is 10.7. The van der Waals surface area contributed by atoms with Gasteiger partial charge in [0.2, 0.25) is 0 Å². The van der Waals surface area contributed by atoms with Gasteiger partial charge in [0, 0.05) is 0 Å². The van der Waals surface area contributed by atoms with Gasteiger partial charge in [0.05, 0.1) is 5.69 Å². The molecule has 4 heteroatoms. The largest absolute Gasteiger partial charge is 0.506 e. The summed E-state index contributed by atoms with van der Waals surface area (Å²) in [5.74, 6) is -0.546. The molecule has 0 saturated carbocycles. The highest BCUT2D eigenvalue weighted by molar-refractivity contribution is 5.95. The van der Waals surface area contributed by atoms with Crippen LogP contribution in [0.25, 0.3) is 0 Å². The number of benzene rings is 1. The van der Waals surface area contributed by atoms with Crippen molar-refractivity contribution in [1.82, 2.24) is 0 Å². The van der Waals surface area contributed by atoms with Gasteiger partial charge in [0.1, 0.15) is 11.9 Å². The lowest BCUT2D eigenvalue weighted by atomic mass is 10.2. The van der Waals surface area contributed by atoms with E-state index in [9.17, 15) is 9.90 Å². The van der Waals surface area contributed by atoms with Crippen molar-refractivity contribution in [2.75, 3.05) is 5.32 Å². The first-order valence-corrected chi connectivity index (χ1v) is 4.29. The van der Waals surface area contributed by atoms with Gasteiger partial charge >= 0.3 is 0 Å². The van der Waals surface area contributed by atoms with Gasteiger partial charge in [0.15, 0.2) is 0 Å². The minimum absolute atomic E-state index is 0.00963. The fraction of sp³-hybridized carbons (Fsp3) is 0.300. The van der Waals surface area contributed by atoms with Gasteiger partial charge < -0.3 is 15.5 Å². The number of hydrogen-bond donors (Lipinski definition) is 3. The first kappa shape index (κ1) is 10.5. The van der Waals surface area contributed by atoms with Crippen LogP contribution in [0.1, 0.15) is 12.5 Å². The molecule has 0 spiro atoms. The maximum absolute atomic E-state index is 11.1. The van der Waals surface area contributed by atoms with Crippen LogP contribution in [0.2, 0.25) is 0 Å². The number of anilines is 1. The van der Waals surface area contributed by atoms with Crippen molar-refractivity contribution in [1.29, 1.82) is 0 Å². The second-order valence-corrected chi connectivity index (χ2v) is 3.19. The van der Waals surface area contributed by atoms with E-state index in [0.29, 0.717) is 5.69 Å². The van der Waals surface area contributed by atoms with Crippen molar-refractivity contribution < 1.29 is 15.0 Å². The van der Waals surface area contributed by atoms with E-state index in [1.165, 1.54) is 13.0 Å². The predicted octanol–water partition coefficient (Wildman–Crippen LogP) is 1.02. The Kier molecular flexibility index (Phi) is 3.09. The number of carbonyl (C=O) groups is 1. The summed E-state index contributed by atoms with van der Waals surface area (Å²) in [5, 5.41) is 20.7. The molecule has 76 valence electrons. The number of nitrogens with one attached hydrogen (secondary N) is 1. The Balaban J connectivity index is 2.86. The Morgan fingerprint density at radius 2 is 2.14 bits per heavy atom. The van der Waals surface area contributed by atoms with Crippen LogP contribution < -0.4 is 5.32 Å². The van der Waals surface area contributed by atoms with Crippen LogP contribution in [0.5, 0.6) is 5.75 Å². The van der Waals surface area contributed by atoms with Crippen molar-refractivity contribution >= 4 is 11.6 Å². The molecule has 0 saturated heterocycles. The van der Waals surface area contributed by atoms with Crippen LogP contribution >= 0.6 is 0 Å². The van der Waals surface area contributed by atoms with Crippen molar-refractivity contribution in [3.63, 3.8) is 0 Å². The van der Waals surface area contributed by atoms with Crippen LogP contribution in [0, 0.1) is 6.92 Å². The lowest BCUT2D eigenvalue weighted by Gasteiger charge is -2.09. The summed E-state index contributed by atoms with van der Waals surface area (Å²) in [7, 11) is 0. The zero-order valence-electron chi connectivity index (χ0n) is 8.11. The highest BCUT2D eigenvalue weighted by Crippen LogP contribution is 2.23. The summed E-state index contributed by atoms with van der Waals surface area (Å²) in [5.41, 5.74) is 1.24. The number of carbonyl (C=O) groups excluding carboxylic acids is 1. The Morgan fingerprint density at radius 1 is 1.50 bits per heavy atom. The number of aliphatic hydroxyl groups is 1. The molecule has 1 aromatic rings. The summed E-state index contributed by atoms with van der Waals surface area (Å²) >= 11 is 0. The molecule has 1 aromatic carbocycles. The fourth-order valence-corrected chi connectivity index (χ4v) is 0.987. The van der Waals surface area contributed by atoms with Crippen LogP contribution in [-0.4, -0.2) is 22.2 Å². The summed E-state index contributed by atoms with van der Waals surface area (Å²) in [6, 6.07) is 4.86. The molecule has 0 aromatic heterocycles. The summed E-state index contributed by atoms with van der Waals surface area (Å²) in [6.45, 7) is 3.21. The number of phenols is 1. The molecule has 0 aliphatic heterocycles. The van der Waals surface area contributed by atoms with E-state index in [2.05, 4.69) is 5.32 Å². The van der Waals surface area contributed by atoms with E-state index in [1.54, 1.807) is 12.1 Å². The van der Waals surface area contributed by atoms with Crippen molar-refractivity contribution in [3.8, 4) is 5.75 Å². The molecule has 1 rings (SSSR count). The highest BCUT2D eigenvalue weighted by Gasteiger charge is 2.10. The lowest BCUT2D eigenvalue weighted by molar-refractivity contribution is -0.123. The maximum Gasteiger partial charge on any atom is 0.253 e. The second kappa shape index (κ2) is 4.11. The average molecular weight is 195 g/mol. The van der Waals surface area contributed by atoms with E-state index >= 15 is 0 Å². The second-order valence-electron chi connectivity index (χ2n) is 3.19. The van der Waals surface area contributed by atoms with Gasteiger partial charge in [0.25, 0.3) is 5.91 Å². The molecule has 1 amide bonds. The number of aromatic hydroxyl groups is 1. The van der Waals surface area contributed by atoms with Gasteiger partial charge in [-0.05, 0) is 31.5 Å². The number of aliphatic hydroxyl groups excluding tert-OH is 1. The molecule has 0 aliphatic carbocycles. The molecule has 3 N–H and O–H groups in total. The van der Waals surface area contributed by atoms with Gasteiger partial charge in [-0.3, -0.25) is 4.79 Å². The van der Waals surface area contributed by atoms with E-state index in [4.69, 9.17) is 5.11 Å². The normalized spacial score (nSPS) is 12.2. The minimum atomic E-state index is -1.09. The third kappa shape index (κ3) is 2.47. The molecule has 1 atom stereocenters. The first-order valence-electron chi connectivity index (χ1n) is 4.29. The third-order valence-electron chi connectivity index (χ3n) is 1.79. The smallest absolute Gasteiger partial charge is 0.253 e. The number of aryl methyl sites for hydroxylation is 1. The molecule has 0 aliphatic rings. The molecule has 14 heavy (non-hydrogen) atoms. The Labute approximate surface area is 82.2 Å². The molecule has 1 unspecified atom stereocenters. The molecule has 0 bridgehead atoms. The molecular formula is C10H13NO3. The SMILES string of the molecule is Cc1ccc(O)c(NC(=O)C(C)O)c1. The van der Waals surface area contributed by atoms with Crippen molar-refractivity contribution in [3.05, 3.63) is 23.8 Å². The topological polar surface area (TPSA) is 69.6 Å². The Hall–Kier alpha value is -1.55. The molecular weight excluding hydrogens is 182 g/mol. The summed E-state index contributed by atoms with van der Waals surface area (Å²) in [4.78, 5) is 11.1. The van der Waals surface area contributed by atoms with Crippen LogP contribution in [0.15, 0.2) is 18.2 Å². The molecule has 4 nitrogen and oxygen atoms in total. The monoisotopic (exact) mass is 195 g/mol. The Morgan fingerprint density at radius 3 is 2.71 bits per heavy atom. The van der Waals surface area contributed by atoms with Crippen LogP contribution in [0.4, 0.5) is 5.69 Å². The average Bonchev–Trinajstić information content (AvgIpc) is 2.11. The van der Waals surface area contributed by atoms with Crippen LogP contribution in [0.3, 0.4) is 0 Å². The van der Waals surface area contributed by atoms with Gasteiger partial charge in [-0.15, -0.1) is 0 Å². The number of phenolic OH excluding ortho intramolecular Hbond substituents is 1. The highest BCUT2D eigenvalue weighted by atomic mass is 16.3. The quantitative estimate of drug-likeness (QED) is 0.617. The zero-order valence-corrected chi connectivity index (χ0v) is 8.11. The summed E-state index contributed by atoms with van der Waals surface area (Å²) in [6.07, 6.45) is -1.09. The number of rotatable bonds is 2. The molecule has 0 radical (unpaired) electrons. The van der Waals surface area contributed by atoms with E-state index in [1.807, 2.05) is 6.92 Å². The van der Waals surface area contributed by atoms with E-state index in [-0.39, 0.29) is 5.75 Å². The molecule has 0 heterocycles. The minimum Gasteiger partial charge on any atom is -0.506 e. The standard InChI is InChI=1S/C10H13NO3/c1-6-3-4-9(13)8(5-6)11-10(14)7(2)12/h3-5,7,12-13H,1-2H3,(H,11,14). The lowest BCUT2D eigenvalue weighted by Crippen LogP contribution is -2.24. The van der Waals surface area contributed by atoms with Crippen molar-refractivity contribution in [2.45, 2.75) is 20.0 Å². The Bertz CT molecular complexity index is 347. The maximum atomic E-state index is 11.1. The number of hydrogen-bond acceptors (Lipinski definition) is 3. The predicted molar refractivity (Wildman–Crippen MR) is 53.2 cm³/mol. The van der Waals surface area contributed by atoms with Gasteiger partial charge in [-0.2, -0.15) is 0 Å². The third-order valence-corrected chi connectivity index (χ3v) is 1.79. The fourth-order valence-electron chi connectivity index (χ4n) is 0.987. The molecule has 0 fully saturated rings. The van der Waals surface area contributed by atoms with Crippen LogP contribution in [-0.2, 0) is 4.79 Å². The van der Waals surface area contributed by atoms with Gasteiger partial charge in [-0.25, -0.2) is 0 Å². The summed E-state index contributed by atoms with van der Waals surface area (Å²) < 4.78 is 0. The van der Waals surface area contributed by atoms with Gasteiger partial charge in [-0.1, -0.05) is 6.07 Å². The van der Waals surface area contributed by atoms with E-state index < -0.39 is 12.0 Å². The van der Waals surface area contributed by atoms with Crippen molar-refractivity contribution in [2.24, 2.45) is 0 Å². The number of amides is 1. The first-order chi connectivity index (χ1) is 6.50.